The molecule has 0 bridgehead atoms. The van der Waals surface area contributed by atoms with E-state index in [0.717, 1.165) is 17.7 Å². The van der Waals surface area contributed by atoms with Crippen molar-refractivity contribution in [3.05, 3.63) is 47.8 Å². The Balaban J connectivity index is 1.95. The molecule has 4 nitrogen and oxygen atoms in total. The molecular formula is C15H21N3O. The van der Waals surface area contributed by atoms with Crippen molar-refractivity contribution in [2.75, 3.05) is 7.05 Å². The highest BCUT2D eigenvalue weighted by Crippen LogP contribution is 2.20. The highest BCUT2D eigenvalue weighted by molar-refractivity contribution is 5.29. The Morgan fingerprint density at radius 3 is 2.58 bits per heavy atom. The molecular weight excluding hydrogens is 238 g/mol. The SMILES string of the molecule is CCC(NC)c1ccc(OCc2cnn(C)c2)cc1. The van der Waals surface area contributed by atoms with Crippen molar-refractivity contribution in [1.82, 2.24) is 15.1 Å². The summed E-state index contributed by atoms with van der Waals surface area (Å²) in [4.78, 5) is 0. The molecule has 0 aliphatic carbocycles. The zero-order chi connectivity index (χ0) is 13.7. The van der Waals surface area contributed by atoms with E-state index in [2.05, 4.69) is 29.5 Å². The average molecular weight is 259 g/mol. The van der Waals surface area contributed by atoms with E-state index in [-0.39, 0.29) is 0 Å². The number of aromatic nitrogens is 2. The highest BCUT2D eigenvalue weighted by Gasteiger charge is 2.06. The summed E-state index contributed by atoms with van der Waals surface area (Å²) < 4.78 is 7.51. The summed E-state index contributed by atoms with van der Waals surface area (Å²) in [6, 6.07) is 8.68. The molecule has 1 aromatic carbocycles. The molecule has 0 amide bonds. The minimum atomic E-state index is 0.410. The van der Waals surface area contributed by atoms with Gasteiger partial charge in [0, 0.05) is 24.8 Å². The first-order chi connectivity index (χ1) is 9.22. The van der Waals surface area contributed by atoms with Crippen molar-refractivity contribution in [1.29, 1.82) is 0 Å². The van der Waals surface area contributed by atoms with E-state index >= 15 is 0 Å². The highest BCUT2D eigenvalue weighted by atomic mass is 16.5. The maximum Gasteiger partial charge on any atom is 0.119 e. The van der Waals surface area contributed by atoms with Gasteiger partial charge in [-0.3, -0.25) is 4.68 Å². The summed E-state index contributed by atoms with van der Waals surface area (Å²) in [6.45, 7) is 2.73. The van der Waals surface area contributed by atoms with Crippen LogP contribution in [-0.2, 0) is 13.7 Å². The maximum atomic E-state index is 5.73. The fourth-order valence-electron chi connectivity index (χ4n) is 2.12. The Morgan fingerprint density at radius 1 is 1.32 bits per heavy atom. The predicted octanol–water partition coefficient (Wildman–Crippen LogP) is 2.67. The van der Waals surface area contributed by atoms with Gasteiger partial charge in [0.1, 0.15) is 12.4 Å². The minimum Gasteiger partial charge on any atom is -0.489 e. The van der Waals surface area contributed by atoms with Crippen LogP contribution < -0.4 is 10.1 Å². The summed E-state index contributed by atoms with van der Waals surface area (Å²) in [5.74, 6) is 0.888. The Bertz CT molecular complexity index is 500. The zero-order valence-corrected chi connectivity index (χ0v) is 11.8. The third-order valence-corrected chi connectivity index (χ3v) is 3.20. The van der Waals surface area contributed by atoms with Gasteiger partial charge in [-0.15, -0.1) is 0 Å². The van der Waals surface area contributed by atoms with Crippen molar-refractivity contribution >= 4 is 0 Å². The number of aryl methyl sites for hydroxylation is 1. The van der Waals surface area contributed by atoms with Gasteiger partial charge < -0.3 is 10.1 Å². The normalized spacial score (nSPS) is 12.4. The fourth-order valence-corrected chi connectivity index (χ4v) is 2.12. The van der Waals surface area contributed by atoms with Gasteiger partial charge in [0.25, 0.3) is 0 Å². The zero-order valence-electron chi connectivity index (χ0n) is 11.8. The minimum absolute atomic E-state index is 0.410. The van der Waals surface area contributed by atoms with Gasteiger partial charge in [-0.1, -0.05) is 19.1 Å². The monoisotopic (exact) mass is 259 g/mol. The topological polar surface area (TPSA) is 39.1 Å². The van der Waals surface area contributed by atoms with Crippen LogP contribution in [0.1, 0.15) is 30.5 Å². The third-order valence-electron chi connectivity index (χ3n) is 3.20. The van der Waals surface area contributed by atoms with Crippen LogP contribution in [0.25, 0.3) is 0 Å². The number of hydrogen-bond acceptors (Lipinski definition) is 3. The van der Waals surface area contributed by atoms with Gasteiger partial charge in [-0.2, -0.15) is 5.10 Å². The molecule has 1 atom stereocenters. The number of ether oxygens (including phenoxy) is 1. The molecule has 2 aromatic rings. The van der Waals surface area contributed by atoms with E-state index in [1.807, 2.05) is 38.6 Å². The Hall–Kier alpha value is -1.81. The first-order valence-electron chi connectivity index (χ1n) is 6.60. The lowest BCUT2D eigenvalue weighted by Crippen LogP contribution is -2.14. The van der Waals surface area contributed by atoms with Crippen molar-refractivity contribution in [2.24, 2.45) is 7.05 Å². The van der Waals surface area contributed by atoms with Crippen molar-refractivity contribution in [2.45, 2.75) is 26.0 Å². The molecule has 102 valence electrons. The standard InChI is InChI=1S/C15H21N3O/c1-4-15(16-2)13-5-7-14(8-6-13)19-11-12-9-17-18(3)10-12/h5-10,15-16H,4,11H2,1-3H3. The first kappa shape index (κ1) is 13.6. The van der Waals surface area contributed by atoms with E-state index in [0.29, 0.717) is 12.6 Å². The molecule has 19 heavy (non-hydrogen) atoms. The van der Waals surface area contributed by atoms with Crippen molar-refractivity contribution in [3.8, 4) is 5.75 Å². The van der Waals surface area contributed by atoms with Crippen LogP contribution >= 0.6 is 0 Å². The van der Waals surface area contributed by atoms with Gasteiger partial charge in [0.2, 0.25) is 0 Å². The summed E-state index contributed by atoms with van der Waals surface area (Å²) in [5.41, 5.74) is 2.37. The molecule has 4 heteroatoms. The molecule has 1 aromatic heterocycles. The molecule has 1 N–H and O–H groups in total. The van der Waals surface area contributed by atoms with E-state index in [4.69, 9.17) is 4.74 Å². The molecule has 0 spiro atoms. The van der Waals surface area contributed by atoms with Crippen molar-refractivity contribution in [3.63, 3.8) is 0 Å². The van der Waals surface area contributed by atoms with Crippen LogP contribution in [0.4, 0.5) is 0 Å². The average Bonchev–Trinajstić information content (AvgIpc) is 2.85. The van der Waals surface area contributed by atoms with E-state index in [1.165, 1.54) is 5.56 Å². The lowest BCUT2D eigenvalue weighted by molar-refractivity contribution is 0.306. The molecule has 0 fully saturated rings. The Labute approximate surface area is 114 Å². The number of hydrogen-bond donors (Lipinski definition) is 1. The second-order valence-corrected chi connectivity index (χ2v) is 4.63. The third kappa shape index (κ3) is 3.58. The van der Waals surface area contributed by atoms with E-state index in [9.17, 15) is 0 Å². The molecule has 0 saturated carbocycles. The maximum absolute atomic E-state index is 5.73. The number of nitrogens with zero attached hydrogens (tertiary/aromatic N) is 2. The number of benzene rings is 1. The van der Waals surface area contributed by atoms with Gasteiger partial charge in [0.05, 0.1) is 6.20 Å². The molecule has 1 heterocycles. The first-order valence-corrected chi connectivity index (χ1v) is 6.60. The molecule has 0 aliphatic heterocycles. The van der Waals surface area contributed by atoms with Gasteiger partial charge in [0.15, 0.2) is 0 Å². The van der Waals surface area contributed by atoms with Crippen LogP contribution in [0, 0.1) is 0 Å². The van der Waals surface area contributed by atoms with Crippen LogP contribution in [0.3, 0.4) is 0 Å². The Morgan fingerprint density at radius 2 is 2.05 bits per heavy atom. The second-order valence-electron chi connectivity index (χ2n) is 4.63. The fraction of sp³-hybridized carbons (Fsp3) is 0.400. The quantitative estimate of drug-likeness (QED) is 0.867. The summed E-state index contributed by atoms with van der Waals surface area (Å²) in [5, 5.41) is 7.41. The van der Waals surface area contributed by atoms with Crippen LogP contribution in [-0.4, -0.2) is 16.8 Å². The van der Waals surface area contributed by atoms with Gasteiger partial charge in [-0.05, 0) is 31.2 Å². The number of nitrogens with one attached hydrogen (secondary N) is 1. The number of rotatable bonds is 6. The summed E-state index contributed by atoms with van der Waals surface area (Å²) in [6.07, 6.45) is 4.86. The molecule has 0 aliphatic rings. The Kier molecular flexibility index (Phi) is 4.58. The van der Waals surface area contributed by atoms with Crippen molar-refractivity contribution < 1.29 is 4.74 Å². The molecule has 1 unspecified atom stereocenters. The summed E-state index contributed by atoms with van der Waals surface area (Å²) in [7, 11) is 3.89. The van der Waals surface area contributed by atoms with Crippen LogP contribution in [0.2, 0.25) is 0 Å². The van der Waals surface area contributed by atoms with E-state index in [1.54, 1.807) is 4.68 Å². The van der Waals surface area contributed by atoms with E-state index < -0.39 is 0 Å². The molecule has 2 rings (SSSR count). The lowest BCUT2D eigenvalue weighted by Gasteiger charge is -2.14. The summed E-state index contributed by atoms with van der Waals surface area (Å²) >= 11 is 0. The van der Waals surface area contributed by atoms with Gasteiger partial charge >= 0.3 is 0 Å². The van der Waals surface area contributed by atoms with Crippen LogP contribution in [0.15, 0.2) is 36.7 Å². The predicted molar refractivity (Wildman–Crippen MR) is 76.1 cm³/mol. The molecule has 0 radical (unpaired) electrons. The second kappa shape index (κ2) is 6.38. The smallest absolute Gasteiger partial charge is 0.119 e. The largest absolute Gasteiger partial charge is 0.489 e. The van der Waals surface area contributed by atoms with Crippen LogP contribution in [0.5, 0.6) is 5.75 Å². The van der Waals surface area contributed by atoms with Gasteiger partial charge in [-0.25, -0.2) is 0 Å². The lowest BCUT2D eigenvalue weighted by atomic mass is 10.1. The molecule has 0 saturated heterocycles.